The molecular weight excluding hydrogens is 262 g/mol. The molecule has 0 heterocycles. The van der Waals surface area contributed by atoms with Gasteiger partial charge in [0.05, 0.1) is 12.4 Å². The third-order valence-corrected chi connectivity index (χ3v) is 4.84. The van der Waals surface area contributed by atoms with Crippen LogP contribution in [-0.2, 0) is 22.4 Å². The molecule has 19 heavy (non-hydrogen) atoms. The molecule has 0 aromatic heterocycles. The Morgan fingerprint density at radius 2 is 1.89 bits per heavy atom. The van der Waals surface area contributed by atoms with Gasteiger partial charge >= 0.3 is 0 Å². The fraction of sp³-hybridized carbons (Fsp3) is 0.571. The average Bonchev–Trinajstić information content (AvgIpc) is 2.36. The Labute approximate surface area is 115 Å². The normalized spacial score (nSPS) is 15.2. The third-order valence-electron chi connectivity index (χ3n) is 3.39. The zero-order valence-electron chi connectivity index (χ0n) is 11.8. The summed E-state index contributed by atoms with van der Waals surface area (Å²) in [6, 6.07) is 6.93. The van der Waals surface area contributed by atoms with Crippen molar-refractivity contribution in [2.45, 2.75) is 45.6 Å². The van der Waals surface area contributed by atoms with E-state index < -0.39 is 10.0 Å². The summed E-state index contributed by atoms with van der Waals surface area (Å²) in [4.78, 5) is 0. The molecule has 0 saturated carbocycles. The number of nitrogens with one attached hydrogen (secondary N) is 1. The van der Waals surface area contributed by atoms with Crippen LogP contribution in [0.2, 0.25) is 0 Å². The van der Waals surface area contributed by atoms with Gasteiger partial charge in [0, 0.05) is 6.04 Å². The van der Waals surface area contributed by atoms with Gasteiger partial charge in [-0.1, -0.05) is 44.5 Å². The molecule has 0 saturated heterocycles. The zero-order chi connectivity index (χ0) is 14.5. The van der Waals surface area contributed by atoms with Gasteiger partial charge in [-0.3, -0.25) is 0 Å². The number of benzene rings is 1. The van der Waals surface area contributed by atoms with E-state index in [1.165, 1.54) is 0 Å². The average molecular weight is 285 g/mol. The lowest BCUT2D eigenvalue weighted by molar-refractivity contribution is 0.282. The van der Waals surface area contributed by atoms with E-state index in [0.717, 1.165) is 12.0 Å². The first-order chi connectivity index (χ1) is 8.88. The van der Waals surface area contributed by atoms with Gasteiger partial charge in [0.2, 0.25) is 10.0 Å². The Bertz CT molecular complexity index is 499. The van der Waals surface area contributed by atoms with Crippen LogP contribution in [0.5, 0.6) is 0 Å². The van der Waals surface area contributed by atoms with Gasteiger partial charge in [0.1, 0.15) is 0 Å². The Morgan fingerprint density at radius 1 is 1.26 bits per heavy atom. The van der Waals surface area contributed by atoms with Crippen molar-refractivity contribution in [1.82, 2.24) is 4.72 Å². The van der Waals surface area contributed by atoms with Crippen LogP contribution in [0.25, 0.3) is 0 Å². The molecule has 5 heteroatoms. The summed E-state index contributed by atoms with van der Waals surface area (Å²) in [6.07, 6.45) is 0.934. The second-order valence-corrected chi connectivity index (χ2v) is 6.78. The van der Waals surface area contributed by atoms with Gasteiger partial charge < -0.3 is 5.11 Å². The van der Waals surface area contributed by atoms with Crippen LogP contribution in [0, 0.1) is 5.92 Å². The molecule has 108 valence electrons. The van der Waals surface area contributed by atoms with Crippen molar-refractivity contribution in [3.05, 3.63) is 35.4 Å². The lowest BCUT2D eigenvalue weighted by Crippen LogP contribution is -2.37. The molecule has 1 rings (SSSR count). The minimum absolute atomic E-state index is 0.0540. The largest absolute Gasteiger partial charge is 0.392 e. The van der Waals surface area contributed by atoms with Crippen LogP contribution in [0.3, 0.4) is 0 Å². The van der Waals surface area contributed by atoms with Crippen molar-refractivity contribution in [1.29, 1.82) is 0 Å². The van der Waals surface area contributed by atoms with E-state index in [9.17, 15) is 8.42 Å². The van der Waals surface area contributed by atoms with E-state index in [2.05, 4.69) is 4.72 Å². The van der Waals surface area contributed by atoms with E-state index in [0.29, 0.717) is 11.5 Å². The molecule has 0 fully saturated rings. The predicted molar refractivity (Wildman–Crippen MR) is 77.0 cm³/mol. The molecule has 0 bridgehead atoms. The molecule has 2 N–H and O–H groups in total. The van der Waals surface area contributed by atoms with Crippen molar-refractivity contribution >= 4 is 10.0 Å². The summed E-state index contributed by atoms with van der Waals surface area (Å²) >= 11 is 0. The molecule has 0 aliphatic heterocycles. The Morgan fingerprint density at radius 3 is 2.47 bits per heavy atom. The number of aliphatic hydroxyl groups excluding tert-OH is 1. The van der Waals surface area contributed by atoms with Gasteiger partial charge in [-0.2, -0.15) is 0 Å². The highest BCUT2D eigenvalue weighted by atomic mass is 32.2. The second kappa shape index (κ2) is 7.03. The van der Waals surface area contributed by atoms with Crippen molar-refractivity contribution in [3.63, 3.8) is 0 Å². The topological polar surface area (TPSA) is 66.4 Å². The molecule has 0 spiro atoms. The summed E-state index contributed by atoms with van der Waals surface area (Å²) in [7, 11) is -3.35. The van der Waals surface area contributed by atoms with Gasteiger partial charge in [0.15, 0.2) is 0 Å². The Balaban J connectivity index is 2.73. The fourth-order valence-corrected chi connectivity index (χ4v) is 3.33. The van der Waals surface area contributed by atoms with Crippen LogP contribution in [0.1, 0.15) is 38.3 Å². The highest BCUT2D eigenvalue weighted by Gasteiger charge is 2.18. The molecule has 2 atom stereocenters. The second-order valence-electron chi connectivity index (χ2n) is 5.03. The smallest absolute Gasteiger partial charge is 0.216 e. The number of hydrogen-bond donors (Lipinski definition) is 2. The van der Waals surface area contributed by atoms with Crippen molar-refractivity contribution in [2.24, 2.45) is 5.92 Å². The van der Waals surface area contributed by atoms with Crippen LogP contribution < -0.4 is 4.72 Å². The van der Waals surface area contributed by atoms with Gasteiger partial charge in [-0.15, -0.1) is 0 Å². The predicted octanol–water partition coefficient (Wildman–Crippen LogP) is 2.03. The molecule has 0 aliphatic rings. The highest BCUT2D eigenvalue weighted by Crippen LogP contribution is 2.12. The van der Waals surface area contributed by atoms with Crippen LogP contribution in [-0.4, -0.2) is 19.6 Å². The first-order valence-electron chi connectivity index (χ1n) is 6.56. The summed E-state index contributed by atoms with van der Waals surface area (Å²) in [5.74, 6) is 0.250. The molecule has 0 aliphatic carbocycles. The molecule has 0 radical (unpaired) electrons. The van der Waals surface area contributed by atoms with Crippen molar-refractivity contribution in [2.75, 3.05) is 0 Å². The Kier molecular flexibility index (Phi) is 5.97. The zero-order valence-corrected chi connectivity index (χ0v) is 12.6. The SMILES string of the molecule is CCC(C)C(C)NS(=O)(=O)Cc1cccc(CO)c1. The van der Waals surface area contributed by atoms with Gasteiger partial charge in [0.25, 0.3) is 0 Å². The molecule has 1 aromatic rings. The van der Waals surface area contributed by atoms with E-state index in [-0.39, 0.29) is 18.4 Å². The van der Waals surface area contributed by atoms with E-state index >= 15 is 0 Å². The summed E-state index contributed by atoms with van der Waals surface area (Å²) in [5.41, 5.74) is 1.41. The number of aliphatic hydroxyl groups is 1. The van der Waals surface area contributed by atoms with Crippen LogP contribution in [0.4, 0.5) is 0 Å². The highest BCUT2D eigenvalue weighted by molar-refractivity contribution is 7.88. The number of sulfonamides is 1. The van der Waals surface area contributed by atoms with Gasteiger partial charge in [-0.05, 0) is 24.0 Å². The maximum absolute atomic E-state index is 12.1. The quantitative estimate of drug-likeness (QED) is 0.805. The lowest BCUT2D eigenvalue weighted by atomic mass is 10.0. The Hall–Kier alpha value is -0.910. The number of rotatable bonds is 7. The molecular formula is C14H23NO3S. The molecule has 2 unspecified atom stereocenters. The summed E-state index contributed by atoms with van der Waals surface area (Å²) in [5, 5.41) is 9.05. The molecule has 4 nitrogen and oxygen atoms in total. The van der Waals surface area contributed by atoms with E-state index in [1.54, 1.807) is 24.3 Å². The summed E-state index contributed by atoms with van der Waals surface area (Å²) in [6.45, 7) is 5.88. The molecule has 0 amide bonds. The fourth-order valence-electron chi connectivity index (χ4n) is 1.83. The first-order valence-corrected chi connectivity index (χ1v) is 8.22. The lowest BCUT2D eigenvalue weighted by Gasteiger charge is -2.19. The number of hydrogen-bond acceptors (Lipinski definition) is 3. The molecule has 1 aromatic carbocycles. The van der Waals surface area contributed by atoms with Crippen molar-refractivity contribution < 1.29 is 13.5 Å². The maximum atomic E-state index is 12.1. The van der Waals surface area contributed by atoms with E-state index in [4.69, 9.17) is 5.11 Å². The van der Waals surface area contributed by atoms with E-state index in [1.807, 2.05) is 20.8 Å². The maximum Gasteiger partial charge on any atom is 0.216 e. The standard InChI is InChI=1S/C14H23NO3S/c1-4-11(2)12(3)15-19(17,18)10-14-7-5-6-13(8-14)9-16/h5-8,11-12,15-16H,4,9-10H2,1-3H3. The first kappa shape index (κ1) is 16.1. The summed E-state index contributed by atoms with van der Waals surface area (Å²) < 4.78 is 26.8. The van der Waals surface area contributed by atoms with Gasteiger partial charge in [-0.25, -0.2) is 13.1 Å². The van der Waals surface area contributed by atoms with Crippen molar-refractivity contribution in [3.8, 4) is 0 Å². The third kappa shape index (κ3) is 5.30. The van der Waals surface area contributed by atoms with Crippen LogP contribution in [0.15, 0.2) is 24.3 Å². The monoisotopic (exact) mass is 285 g/mol. The van der Waals surface area contributed by atoms with Crippen LogP contribution >= 0.6 is 0 Å². The minimum Gasteiger partial charge on any atom is -0.392 e. The minimum atomic E-state index is -3.35.